The second-order valence-corrected chi connectivity index (χ2v) is 12.4. The first kappa shape index (κ1) is 27.5. The predicted molar refractivity (Wildman–Crippen MR) is 161 cm³/mol. The number of nitrogens with two attached hydrogens (primary N) is 1. The van der Waals surface area contributed by atoms with Gasteiger partial charge in [0.1, 0.15) is 5.69 Å². The van der Waals surface area contributed by atoms with E-state index in [1.165, 1.54) is 50.5 Å². The number of allylic oxidation sites excluding steroid dienone is 8. The summed E-state index contributed by atoms with van der Waals surface area (Å²) in [7, 11) is 4.30. The highest BCUT2D eigenvalue weighted by Gasteiger charge is 2.38. The van der Waals surface area contributed by atoms with Crippen LogP contribution in [0.4, 0.5) is 11.4 Å². The van der Waals surface area contributed by atoms with E-state index in [2.05, 4.69) is 127 Å². The average molecular weight is 516 g/mol. The van der Waals surface area contributed by atoms with Crippen LogP contribution in [0.15, 0.2) is 82.6 Å². The van der Waals surface area contributed by atoms with Gasteiger partial charge in [-0.15, -0.1) is 0 Å². The molecule has 37 heavy (non-hydrogen) atoms. The summed E-state index contributed by atoms with van der Waals surface area (Å²) in [5.41, 5.74) is 11.9. The van der Waals surface area contributed by atoms with Gasteiger partial charge in [-0.1, -0.05) is 86.8 Å². The molecule has 1 aliphatic heterocycles. The second kappa shape index (κ2) is 10.7. The Labute approximate surface area is 229 Å². The van der Waals surface area contributed by atoms with Gasteiger partial charge in [-0.2, -0.15) is 0 Å². The molecule has 0 radical (unpaired) electrons. The van der Waals surface area contributed by atoms with Crippen LogP contribution in [0.2, 0.25) is 0 Å². The minimum Gasteiger partial charge on any atom is -0.347 e. The Bertz CT molecular complexity index is 1300. The minimum absolute atomic E-state index is 0.0309. The van der Waals surface area contributed by atoms with Crippen LogP contribution >= 0.6 is 11.6 Å². The lowest BCUT2D eigenvalue weighted by Gasteiger charge is -2.25. The number of hydrogen-bond donors (Lipinski definition) is 1. The number of fused-ring (bicyclic) bond motifs is 1. The minimum atomic E-state index is -0.0309. The zero-order valence-corrected chi connectivity index (χ0v) is 24.8. The Morgan fingerprint density at radius 1 is 1.03 bits per heavy atom. The van der Waals surface area contributed by atoms with E-state index in [-0.39, 0.29) is 10.8 Å². The van der Waals surface area contributed by atoms with Crippen molar-refractivity contribution in [3.05, 3.63) is 105 Å². The second-order valence-electron chi connectivity index (χ2n) is 12.0. The van der Waals surface area contributed by atoms with Crippen molar-refractivity contribution in [2.45, 2.75) is 78.1 Å². The molecule has 0 spiro atoms. The third-order valence-corrected chi connectivity index (χ3v) is 8.77. The number of likely N-dealkylation sites (N-methyl/N-ethyl adjacent to an activating group) is 1. The molecule has 3 heteroatoms. The summed E-state index contributed by atoms with van der Waals surface area (Å²) in [5.74, 6) is 0. The van der Waals surface area contributed by atoms with Gasteiger partial charge in [0.05, 0.1) is 7.05 Å². The summed E-state index contributed by atoms with van der Waals surface area (Å²) in [6.45, 7) is 13.7. The van der Waals surface area contributed by atoms with Crippen LogP contribution in [-0.4, -0.2) is 14.1 Å². The van der Waals surface area contributed by atoms with Gasteiger partial charge in [0, 0.05) is 34.4 Å². The molecule has 2 nitrogen and oxygen atoms in total. The number of anilines is 1. The van der Waals surface area contributed by atoms with Crippen LogP contribution in [-0.2, 0) is 10.8 Å². The number of aryl methyl sites for hydroxylation is 2. The first-order valence-corrected chi connectivity index (χ1v) is 14.1. The van der Waals surface area contributed by atoms with Crippen LogP contribution in [0, 0.1) is 13.8 Å². The smallest absolute Gasteiger partial charge is 0.133 e. The Morgan fingerprint density at radius 3 is 2.46 bits per heavy atom. The first-order valence-electron chi connectivity index (χ1n) is 13.7. The molecular formula is C34H44ClN2+. The van der Waals surface area contributed by atoms with Crippen molar-refractivity contribution in [3.63, 3.8) is 0 Å². The van der Waals surface area contributed by atoms with Gasteiger partial charge in [-0.25, -0.2) is 0 Å². The Kier molecular flexibility index (Phi) is 7.93. The molecule has 0 saturated carbocycles. The molecule has 0 aromatic heterocycles. The fourth-order valence-electron chi connectivity index (χ4n) is 5.95. The molecule has 0 amide bonds. The maximum atomic E-state index is 7.00. The molecule has 0 atom stereocenters. The van der Waals surface area contributed by atoms with Crippen LogP contribution in [0.3, 0.4) is 0 Å². The molecule has 196 valence electrons. The summed E-state index contributed by atoms with van der Waals surface area (Å²) >= 11 is 7.00. The number of benzene rings is 2. The number of halogens is 1. The van der Waals surface area contributed by atoms with Gasteiger partial charge in [0.2, 0.25) is 0 Å². The molecule has 1 heterocycles. The summed E-state index contributed by atoms with van der Waals surface area (Å²) < 4.78 is 0. The zero-order valence-electron chi connectivity index (χ0n) is 24.0. The van der Waals surface area contributed by atoms with Crippen molar-refractivity contribution in [2.24, 2.45) is 0 Å². The lowest BCUT2D eigenvalue weighted by atomic mass is 9.79. The molecule has 0 bridgehead atoms. The van der Waals surface area contributed by atoms with Gasteiger partial charge < -0.3 is 10.2 Å². The highest BCUT2D eigenvalue weighted by molar-refractivity contribution is 6.32. The number of nitrogens with zero attached hydrogens (tertiary/aromatic N) is 1. The van der Waals surface area contributed by atoms with Crippen LogP contribution in [0.25, 0.3) is 0 Å². The molecule has 1 aliphatic carbocycles. The van der Waals surface area contributed by atoms with E-state index >= 15 is 0 Å². The Morgan fingerprint density at radius 2 is 1.73 bits per heavy atom. The normalized spacial score (nSPS) is 20.0. The van der Waals surface area contributed by atoms with Gasteiger partial charge >= 0.3 is 0 Å². The maximum absolute atomic E-state index is 7.00. The summed E-state index contributed by atoms with van der Waals surface area (Å²) in [4.78, 5) is 2.34. The fourth-order valence-corrected chi connectivity index (χ4v) is 6.27. The standard InChI is InChI=1S/C34H43ClN2/c1-23-14-17-29(36-7)27(21-23)33(3,4)20-10-13-25-11-9-12-26(32(25)35)16-19-31-34(5,6)28-22-24(2)15-18-30(28)37(31)8/h10,13-19,21-22,36H,9,11-12,20H2,1-8H3/p+1/b13-10+,26-16+,31-19+. The summed E-state index contributed by atoms with van der Waals surface area (Å²) in [6, 6.07) is 13.6. The molecule has 0 saturated heterocycles. The Hall–Kier alpha value is -2.55. The van der Waals surface area contributed by atoms with Gasteiger partial charge in [0.25, 0.3) is 0 Å². The van der Waals surface area contributed by atoms with E-state index in [4.69, 9.17) is 11.6 Å². The molecule has 4 rings (SSSR count). The highest BCUT2D eigenvalue weighted by atomic mass is 35.5. The van der Waals surface area contributed by atoms with Crippen molar-refractivity contribution in [2.75, 3.05) is 19.0 Å². The third kappa shape index (κ3) is 5.52. The molecule has 2 aliphatic rings. The van der Waals surface area contributed by atoms with E-state index in [9.17, 15) is 0 Å². The number of hydrogen-bond acceptors (Lipinski definition) is 1. The van der Waals surface area contributed by atoms with Crippen molar-refractivity contribution in [1.29, 1.82) is 0 Å². The van der Waals surface area contributed by atoms with Gasteiger partial charge in [-0.05, 0) is 85.9 Å². The molecular weight excluding hydrogens is 472 g/mol. The molecule has 2 N–H and O–H groups in total. The molecule has 2 aromatic rings. The van der Waals surface area contributed by atoms with E-state index in [1.807, 2.05) is 0 Å². The number of rotatable bonds is 6. The topological polar surface area (TPSA) is 19.9 Å². The Balaban J connectivity index is 1.56. The monoisotopic (exact) mass is 515 g/mol. The highest BCUT2D eigenvalue weighted by Crippen LogP contribution is 2.47. The maximum Gasteiger partial charge on any atom is 0.133 e. The van der Waals surface area contributed by atoms with Crippen LogP contribution < -0.4 is 10.2 Å². The average Bonchev–Trinajstić information content (AvgIpc) is 3.03. The molecule has 2 aromatic carbocycles. The fraction of sp³-hybridized carbons (Fsp3) is 0.412. The third-order valence-electron chi connectivity index (χ3n) is 8.28. The van der Waals surface area contributed by atoms with E-state index in [0.29, 0.717) is 0 Å². The molecule has 0 unspecified atom stereocenters. The number of quaternary nitrogens is 1. The lowest BCUT2D eigenvalue weighted by Crippen LogP contribution is -2.73. The van der Waals surface area contributed by atoms with E-state index in [0.717, 1.165) is 30.7 Å². The first-order chi connectivity index (χ1) is 17.5. The summed E-state index contributed by atoms with van der Waals surface area (Å²) in [6.07, 6.45) is 13.3. The van der Waals surface area contributed by atoms with Crippen LogP contribution in [0.1, 0.15) is 75.6 Å². The summed E-state index contributed by atoms with van der Waals surface area (Å²) in [5, 5.41) is 3.15. The van der Waals surface area contributed by atoms with Gasteiger partial charge in [-0.3, -0.25) is 0 Å². The van der Waals surface area contributed by atoms with Crippen LogP contribution in [0.5, 0.6) is 0 Å². The lowest BCUT2D eigenvalue weighted by molar-refractivity contribution is -0.540. The van der Waals surface area contributed by atoms with Crippen molar-refractivity contribution >= 4 is 23.0 Å². The van der Waals surface area contributed by atoms with Crippen molar-refractivity contribution in [1.82, 2.24) is 0 Å². The van der Waals surface area contributed by atoms with Crippen molar-refractivity contribution < 1.29 is 5.32 Å². The molecule has 0 fully saturated rings. The quantitative estimate of drug-likeness (QED) is 0.384. The largest absolute Gasteiger partial charge is 0.347 e. The van der Waals surface area contributed by atoms with Gasteiger partial charge in [0.15, 0.2) is 0 Å². The predicted octanol–water partition coefficient (Wildman–Crippen LogP) is 8.27. The SMILES string of the molecule is C[NH2+]c1ccc(C)cc1C(C)(C)C/C=C/C1=C(Cl)C(=C/C=C2/N(C)c3ccc(C)cc3C2(C)C)/CCC1. The van der Waals surface area contributed by atoms with E-state index in [1.54, 1.807) is 0 Å². The van der Waals surface area contributed by atoms with Crippen molar-refractivity contribution in [3.8, 4) is 0 Å². The zero-order chi connectivity index (χ0) is 27.0. The van der Waals surface area contributed by atoms with E-state index < -0.39 is 0 Å².